The van der Waals surface area contributed by atoms with Crippen molar-refractivity contribution in [3.63, 3.8) is 0 Å². The topological polar surface area (TPSA) is 40.5 Å². The molecule has 0 saturated carbocycles. The molecule has 1 fully saturated rings. The van der Waals surface area contributed by atoms with E-state index in [1.54, 1.807) is 0 Å². The van der Waals surface area contributed by atoms with Gasteiger partial charge in [-0.25, -0.2) is 0 Å². The summed E-state index contributed by atoms with van der Waals surface area (Å²) in [4.78, 5) is 13.4. The largest absolute Gasteiger partial charge is 0.481 e. The van der Waals surface area contributed by atoms with Gasteiger partial charge in [-0.05, 0) is 32.9 Å². The Bertz CT molecular complexity index is 243. The predicted octanol–water partition coefficient (Wildman–Crippen LogP) is 3.53. The number of likely N-dealkylation sites (tertiary alicyclic amines) is 1. The lowest BCUT2D eigenvalue weighted by Gasteiger charge is -2.35. The van der Waals surface area contributed by atoms with E-state index >= 15 is 0 Å². The lowest BCUT2D eigenvalue weighted by molar-refractivity contribution is -0.144. The normalized spacial score (nSPS) is 25.2. The molecule has 1 heterocycles. The second kappa shape index (κ2) is 8.52. The van der Waals surface area contributed by atoms with Gasteiger partial charge < -0.3 is 10.0 Å². The fraction of sp³-hybridized carbons (Fsp3) is 0.933. The third-order valence-electron chi connectivity index (χ3n) is 4.25. The van der Waals surface area contributed by atoms with Crippen LogP contribution in [0.25, 0.3) is 0 Å². The maximum absolute atomic E-state index is 11.0. The number of nitrogens with zero attached hydrogens (tertiary/aromatic N) is 1. The SMILES string of the molecule is CCCCCCCCC1CC(C(=O)O)CCN1C. The average molecular weight is 255 g/mol. The first-order chi connectivity index (χ1) is 8.65. The molecule has 1 aliphatic heterocycles. The smallest absolute Gasteiger partial charge is 0.306 e. The number of aliphatic carboxylic acids is 1. The van der Waals surface area contributed by atoms with Crippen LogP contribution in [0.3, 0.4) is 0 Å². The molecule has 1 N–H and O–H groups in total. The zero-order valence-electron chi connectivity index (χ0n) is 12.0. The van der Waals surface area contributed by atoms with Crippen molar-refractivity contribution in [3.05, 3.63) is 0 Å². The molecule has 1 rings (SSSR count). The first kappa shape index (κ1) is 15.5. The molecule has 0 amide bonds. The van der Waals surface area contributed by atoms with Crippen LogP contribution in [0.15, 0.2) is 0 Å². The molecule has 3 heteroatoms. The Morgan fingerprint density at radius 3 is 2.56 bits per heavy atom. The Kier molecular flexibility index (Phi) is 7.33. The van der Waals surface area contributed by atoms with Gasteiger partial charge in [0, 0.05) is 6.04 Å². The van der Waals surface area contributed by atoms with Crippen molar-refractivity contribution in [3.8, 4) is 0 Å². The van der Waals surface area contributed by atoms with E-state index < -0.39 is 5.97 Å². The van der Waals surface area contributed by atoms with E-state index in [4.69, 9.17) is 5.11 Å². The number of rotatable bonds is 8. The van der Waals surface area contributed by atoms with Gasteiger partial charge in [-0.2, -0.15) is 0 Å². The summed E-state index contributed by atoms with van der Waals surface area (Å²) in [5.74, 6) is -0.706. The van der Waals surface area contributed by atoms with Crippen LogP contribution in [-0.2, 0) is 4.79 Å². The standard InChI is InChI=1S/C15H29NO2/c1-3-4-5-6-7-8-9-14-12-13(15(17)18)10-11-16(14)2/h13-14H,3-12H2,1-2H3,(H,17,18). The lowest BCUT2D eigenvalue weighted by atomic mass is 9.88. The average Bonchev–Trinajstić information content (AvgIpc) is 2.35. The van der Waals surface area contributed by atoms with Crippen LogP contribution in [-0.4, -0.2) is 35.6 Å². The van der Waals surface area contributed by atoms with Crippen molar-refractivity contribution in [2.24, 2.45) is 5.92 Å². The van der Waals surface area contributed by atoms with Gasteiger partial charge in [0.05, 0.1) is 5.92 Å². The van der Waals surface area contributed by atoms with Crippen molar-refractivity contribution < 1.29 is 9.90 Å². The molecule has 0 aliphatic carbocycles. The van der Waals surface area contributed by atoms with E-state index in [2.05, 4.69) is 18.9 Å². The van der Waals surface area contributed by atoms with E-state index in [0.29, 0.717) is 6.04 Å². The molecule has 0 bridgehead atoms. The number of piperidine rings is 1. The summed E-state index contributed by atoms with van der Waals surface area (Å²) in [6.45, 7) is 3.18. The summed E-state index contributed by atoms with van der Waals surface area (Å²) in [5.41, 5.74) is 0. The van der Waals surface area contributed by atoms with E-state index in [9.17, 15) is 4.79 Å². The highest BCUT2D eigenvalue weighted by atomic mass is 16.4. The van der Waals surface area contributed by atoms with E-state index in [1.165, 1.54) is 44.9 Å². The van der Waals surface area contributed by atoms with E-state index in [-0.39, 0.29) is 5.92 Å². The van der Waals surface area contributed by atoms with E-state index in [1.807, 2.05) is 0 Å². The van der Waals surface area contributed by atoms with Gasteiger partial charge in [0.15, 0.2) is 0 Å². The Labute approximate surface area is 112 Å². The van der Waals surface area contributed by atoms with Gasteiger partial charge in [0.2, 0.25) is 0 Å². The molecule has 0 aromatic heterocycles. The maximum Gasteiger partial charge on any atom is 0.306 e. The summed E-state index contributed by atoms with van der Waals surface area (Å²) in [7, 11) is 2.14. The van der Waals surface area contributed by atoms with Crippen LogP contribution in [0.1, 0.15) is 64.7 Å². The number of carboxylic acid groups (broad SMARTS) is 1. The first-order valence-electron chi connectivity index (χ1n) is 7.58. The first-order valence-corrected chi connectivity index (χ1v) is 7.58. The van der Waals surface area contributed by atoms with Crippen LogP contribution in [0.2, 0.25) is 0 Å². The number of carboxylic acids is 1. The second-order valence-corrected chi connectivity index (χ2v) is 5.75. The van der Waals surface area contributed by atoms with Crippen LogP contribution >= 0.6 is 0 Å². The fourth-order valence-electron chi connectivity index (χ4n) is 2.89. The summed E-state index contributed by atoms with van der Waals surface area (Å²) in [6, 6.07) is 0.492. The molecule has 106 valence electrons. The Morgan fingerprint density at radius 2 is 1.89 bits per heavy atom. The summed E-state index contributed by atoms with van der Waals surface area (Å²) in [5, 5.41) is 9.09. The Balaban J connectivity index is 2.16. The summed E-state index contributed by atoms with van der Waals surface area (Å²) in [6.07, 6.45) is 10.7. The van der Waals surface area contributed by atoms with Gasteiger partial charge in [-0.1, -0.05) is 45.4 Å². The van der Waals surface area contributed by atoms with Gasteiger partial charge in [0.25, 0.3) is 0 Å². The highest BCUT2D eigenvalue weighted by molar-refractivity contribution is 5.70. The minimum Gasteiger partial charge on any atom is -0.481 e. The summed E-state index contributed by atoms with van der Waals surface area (Å²) < 4.78 is 0. The molecular weight excluding hydrogens is 226 g/mol. The molecule has 2 unspecified atom stereocenters. The van der Waals surface area contributed by atoms with Crippen LogP contribution < -0.4 is 0 Å². The molecule has 18 heavy (non-hydrogen) atoms. The van der Waals surface area contributed by atoms with Gasteiger partial charge in [-0.3, -0.25) is 4.79 Å². The minimum absolute atomic E-state index is 0.105. The Hall–Kier alpha value is -0.570. The molecular formula is C15H29NO2. The maximum atomic E-state index is 11.0. The van der Waals surface area contributed by atoms with Crippen molar-refractivity contribution in [2.45, 2.75) is 70.8 Å². The Morgan fingerprint density at radius 1 is 1.22 bits per heavy atom. The van der Waals surface area contributed by atoms with Crippen molar-refractivity contribution in [2.75, 3.05) is 13.6 Å². The number of hydrogen-bond donors (Lipinski definition) is 1. The third kappa shape index (κ3) is 5.38. The zero-order valence-corrected chi connectivity index (χ0v) is 12.0. The van der Waals surface area contributed by atoms with Crippen LogP contribution in [0.5, 0.6) is 0 Å². The van der Waals surface area contributed by atoms with Gasteiger partial charge >= 0.3 is 5.97 Å². The monoisotopic (exact) mass is 255 g/mol. The molecule has 0 radical (unpaired) electrons. The number of carbonyl (C=O) groups is 1. The number of unbranched alkanes of at least 4 members (excludes halogenated alkanes) is 5. The third-order valence-corrected chi connectivity index (χ3v) is 4.25. The minimum atomic E-state index is -0.601. The summed E-state index contributed by atoms with van der Waals surface area (Å²) >= 11 is 0. The predicted molar refractivity (Wildman–Crippen MR) is 74.8 cm³/mol. The lowest BCUT2D eigenvalue weighted by Crippen LogP contribution is -2.41. The molecule has 0 spiro atoms. The zero-order chi connectivity index (χ0) is 13.4. The van der Waals surface area contributed by atoms with Gasteiger partial charge in [-0.15, -0.1) is 0 Å². The molecule has 1 saturated heterocycles. The highest BCUT2D eigenvalue weighted by Gasteiger charge is 2.29. The van der Waals surface area contributed by atoms with Crippen molar-refractivity contribution >= 4 is 5.97 Å². The van der Waals surface area contributed by atoms with Crippen LogP contribution in [0.4, 0.5) is 0 Å². The van der Waals surface area contributed by atoms with Crippen LogP contribution in [0, 0.1) is 5.92 Å². The van der Waals surface area contributed by atoms with E-state index in [0.717, 1.165) is 19.4 Å². The molecule has 0 aromatic carbocycles. The number of hydrogen-bond acceptors (Lipinski definition) is 2. The molecule has 1 aliphatic rings. The van der Waals surface area contributed by atoms with Crippen molar-refractivity contribution in [1.82, 2.24) is 4.90 Å². The molecule has 2 atom stereocenters. The molecule has 3 nitrogen and oxygen atoms in total. The van der Waals surface area contributed by atoms with Gasteiger partial charge in [0.1, 0.15) is 0 Å². The highest BCUT2D eigenvalue weighted by Crippen LogP contribution is 2.25. The second-order valence-electron chi connectivity index (χ2n) is 5.75. The fourth-order valence-corrected chi connectivity index (χ4v) is 2.89. The van der Waals surface area contributed by atoms with Crippen molar-refractivity contribution in [1.29, 1.82) is 0 Å². The quantitative estimate of drug-likeness (QED) is 0.674. The molecule has 0 aromatic rings.